The summed E-state index contributed by atoms with van der Waals surface area (Å²) in [6, 6.07) is 0. The van der Waals surface area contributed by atoms with Crippen molar-refractivity contribution in [3.63, 3.8) is 0 Å². The maximum atomic E-state index is 10.9. The van der Waals surface area contributed by atoms with Crippen LogP contribution in [0.1, 0.15) is 20.3 Å². The molecule has 0 aromatic heterocycles. The van der Waals surface area contributed by atoms with Gasteiger partial charge in [-0.15, -0.1) is 0 Å². The highest BCUT2D eigenvalue weighted by atomic mass is 16.5. The Balaban J connectivity index is 4.23. The zero-order chi connectivity index (χ0) is 9.72. The molecule has 1 N–H and O–H groups in total. The molecule has 0 amide bonds. The number of carboxylic acids is 1. The van der Waals surface area contributed by atoms with E-state index < -0.39 is 17.9 Å². The van der Waals surface area contributed by atoms with Crippen LogP contribution in [0.25, 0.3) is 0 Å². The number of rotatable bonds is 4. The van der Waals surface area contributed by atoms with Crippen LogP contribution < -0.4 is 0 Å². The van der Waals surface area contributed by atoms with E-state index in [-0.39, 0.29) is 5.92 Å². The Morgan fingerprint density at radius 3 is 2.17 bits per heavy atom. The molecule has 0 fully saturated rings. The second kappa shape index (κ2) is 4.74. The van der Waals surface area contributed by atoms with Gasteiger partial charge in [0.2, 0.25) is 0 Å². The molecule has 0 spiro atoms. The number of carbonyl (C=O) groups is 2. The zero-order valence-corrected chi connectivity index (χ0v) is 7.53. The average Bonchev–Trinajstić information content (AvgIpc) is 1.98. The van der Waals surface area contributed by atoms with Crippen LogP contribution in [0.5, 0.6) is 0 Å². The van der Waals surface area contributed by atoms with Crippen LogP contribution in [0, 0.1) is 11.8 Å². The quantitative estimate of drug-likeness (QED) is 0.508. The first-order valence-electron chi connectivity index (χ1n) is 3.79. The van der Waals surface area contributed by atoms with Gasteiger partial charge >= 0.3 is 11.9 Å². The molecule has 4 heteroatoms. The topological polar surface area (TPSA) is 63.6 Å². The van der Waals surface area contributed by atoms with Crippen LogP contribution in [-0.2, 0) is 14.3 Å². The second-order valence-corrected chi connectivity index (χ2v) is 3.04. The van der Waals surface area contributed by atoms with Gasteiger partial charge in [-0.25, -0.2) is 0 Å². The number of carbonyl (C=O) groups excluding carboxylic acids is 1. The number of hydrogen-bond donors (Lipinski definition) is 1. The van der Waals surface area contributed by atoms with Crippen LogP contribution in [0.2, 0.25) is 0 Å². The van der Waals surface area contributed by atoms with Gasteiger partial charge in [-0.1, -0.05) is 13.8 Å². The number of methoxy groups -OCH3 is 1. The summed E-state index contributed by atoms with van der Waals surface area (Å²) >= 11 is 0. The van der Waals surface area contributed by atoms with Gasteiger partial charge in [-0.05, 0) is 12.3 Å². The van der Waals surface area contributed by atoms with Gasteiger partial charge in [0.1, 0.15) is 0 Å². The predicted octanol–water partition coefficient (Wildman–Crippen LogP) is 0.906. The lowest BCUT2D eigenvalue weighted by Crippen LogP contribution is -2.26. The van der Waals surface area contributed by atoms with E-state index in [1.54, 1.807) is 0 Å². The second-order valence-electron chi connectivity index (χ2n) is 3.04. The van der Waals surface area contributed by atoms with Crippen molar-refractivity contribution in [2.24, 2.45) is 11.8 Å². The van der Waals surface area contributed by atoms with Gasteiger partial charge in [-0.3, -0.25) is 9.59 Å². The van der Waals surface area contributed by atoms with E-state index >= 15 is 0 Å². The van der Waals surface area contributed by atoms with Crippen molar-refractivity contribution in [1.82, 2.24) is 0 Å². The summed E-state index contributed by atoms with van der Waals surface area (Å²) in [5, 5.41) is 8.62. The molecule has 4 nitrogen and oxygen atoms in total. The monoisotopic (exact) mass is 174 g/mol. The fourth-order valence-corrected chi connectivity index (χ4v) is 0.912. The van der Waals surface area contributed by atoms with Crippen LogP contribution in [0.4, 0.5) is 0 Å². The summed E-state index contributed by atoms with van der Waals surface area (Å²) in [6.45, 7) is 3.72. The van der Waals surface area contributed by atoms with Crippen molar-refractivity contribution < 1.29 is 19.4 Å². The molecule has 0 saturated heterocycles. The molecule has 0 rings (SSSR count). The fraction of sp³-hybridized carbons (Fsp3) is 0.750. The summed E-state index contributed by atoms with van der Waals surface area (Å²) < 4.78 is 4.35. The number of esters is 1. The Kier molecular flexibility index (Phi) is 4.33. The summed E-state index contributed by atoms with van der Waals surface area (Å²) in [5.74, 6) is -2.63. The van der Waals surface area contributed by atoms with Crippen LogP contribution in [-0.4, -0.2) is 24.2 Å². The lowest BCUT2D eigenvalue weighted by molar-refractivity contribution is -0.157. The van der Waals surface area contributed by atoms with Gasteiger partial charge in [0.25, 0.3) is 0 Å². The highest BCUT2D eigenvalue weighted by Crippen LogP contribution is 2.13. The molecule has 70 valence electrons. The van der Waals surface area contributed by atoms with Crippen molar-refractivity contribution in [1.29, 1.82) is 0 Å². The minimum absolute atomic E-state index is 0.171. The number of aliphatic carboxylic acids is 1. The molecular formula is C8H14O4. The third-order valence-corrected chi connectivity index (χ3v) is 1.49. The molecule has 0 aliphatic carbocycles. The Bertz CT molecular complexity index is 174. The molecule has 0 aliphatic heterocycles. The highest BCUT2D eigenvalue weighted by molar-refractivity contribution is 5.93. The number of carboxylic acid groups (broad SMARTS) is 1. The van der Waals surface area contributed by atoms with E-state index in [9.17, 15) is 9.59 Å². The van der Waals surface area contributed by atoms with Crippen LogP contribution in [0.15, 0.2) is 0 Å². The Labute approximate surface area is 71.5 Å². The lowest BCUT2D eigenvalue weighted by Gasteiger charge is -2.11. The van der Waals surface area contributed by atoms with Gasteiger partial charge in [0.05, 0.1) is 7.11 Å². The smallest absolute Gasteiger partial charge is 0.320 e. The molecular weight excluding hydrogens is 160 g/mol. The minimum Gasteiger partial charge on any atom is -0.481 e. The molecule has 1 unspecified atom stereocenters. The summed E-state index contributed by atoms with van der Waals surface area (Å²) in [5.41, 5.74) is 0. The van der Waals surface area contributed by atoms with Gasteiger partial charge in [0.15, 0.2) is 5.92 Å². The third-order valence-electron chi connectivity index (χ3n) is 1.49. The first-order chi connectivity index (χ1) is 5.49. The molecule has 0 aromatic rings. The van der Waals surface area contributed by atoms with E-state index in [0.29, 0.717) is 6.42 Å². The third kappa shape index (κ3) is 3.37. The van der Waals surface area contributed by atoms with Crippen LogP contribution >= 0.6 is 0 Å². The number of ether oxygens (including phenoxy) is 1. The maximum absolute atomic E-state index is 10.9. The van der Waals surface area contributed by atoms with E-state index in [0.717, 1.165) is 0 Å². The molecule has 12 heavy (non-hydrogen) atoms. The molecule has 0 saturated carbocycles. The summed E-state index contributed by atoms with van der Waals surface area (Å²) in [6.07, 6.45) is 0.321. The molecule has 0 aliphatic rings. The van der Waals surface area contributed by atoms with Crippen molar-refractivity contribution >= 4 is 11.9 Å². The molecule has 0 radical (unpaired) electrons. The van der Waals surface area contributed by atoms with Crippen molar-refractivity contribution in [3.8, 4) is 0 Å². The van der Waals surface area contributed by atoms with E-state index in [1.807, 2.05) is 13.8 Å². The van der Waals surface area contributed by atoms with Gasteiger partial charge in [0, 0.05) is 0 Å². The van der Waals surface area contributed by atoms with Gasteiger partial charge in [-0.2, -0.15) is 0 Å². The Hall–Kier alpha value is -1.06. The SMILES string of the molecule is COC(=O)C(CC(C)C)C(=O)O. The normalized spacial score (nSPS) is 12.7. The van der Waals surface area contributed by atoms with Gasteiger partial charge < -0.3 is 9.84 Å². The lowest BCUT2D eigenvalue weighted by atomic mass is 9.97. The first kappa shape index (κ1) is 10.9. The van der Waals surface area contributed by atoms with E-state index in [4.69, 9.17) is 5.11 Å². The molecule has 0 bridgehead atoms. The standard InChI is InChI=1S/C8H14O4/c1-5(2)4-6(7(9)10)8(11)12-3/h5-6H,4H2,1-3H3,(H,9,10). The Morgan fingerprint density at radius 1 is 1.42 bits per heavy atom. The summed E-state index contributed by atoms with van der Waals surface area (Å²) in [4.78, 5) is 21.4. The average molecular weight is 174 g/mol. The summed E-state index contributed by atoms with van der Waals surface area (Å²) in [7, 11) is 1.19. The van der Waals surface area contributed by atoms with E-state index in [1.165, 1.54) is 7.11 Å². The molecule has 0 aromatic carbocycles. The van der Waals surface area contributed by atoms with E-state index in [2.05, 4.69) is 4.74 Å². The molecule has 1 atom stereocenters. The largest absolute Gasteiger partial charge is 0.481 e. The maximum Gasteiger partial charge on any atom is 0.320 e. The predicted molar refractivity (Wildman–Crippen MR) is 42.6 cm³/mol. The zero-order valence-electron chi connectivity index (χ0n) is 7.53. The van der Waals surface area contributed by atoms with Crippen molar-refractivity contribution in [2.45, 2.75) is 20.3 Å². The highest BCUT2D eigenvalue weighted by Gasteiger charge is 2.27. The molecule has 0 heterocycles. The Morgan fingerprint density at radius 2 is 1.92 bits per heavy atom. The van der Waals surface area contributed by atoms with Crippen LogP contribution in [0.3, 0.4) is 0 Å². The first-order valence-corrected chi connectivity index (χ1v) is 3.79. The van der Waals surface area contributed by atoms with Crippen molar-refractivity contribution in [2.75, 3.05) is 7.11 Å². The number of hydrogen-bond acceptors (Lipinski definition) is 3. The minimum atomic E-state index is -1.12. The fourth-order valence-electron chi connectivity index (χ4n) is 0.912. The van der Waals surface area contributed by atoms with Crippen molar-refractivity contribution in [3.05, 3.63) is 0 Å².